The van der Waals surface area contributed by atoms with Crippen LogP contribution in [0.25, 0.3) is 11.3 Å². The highest BCUT2D eigenvalue weighted by atomic mass is 35.5. The van der Waals surface area contributed by atoms with Crippen molar-refractivity contribution < 1.29 is 0 Å². The molecular weight excluding hydrogens is 220 g/mol. The number of benzene rings is 1. The molecule has 2 aromatic rings. The van der Waals surface area contributed by atoms with Gasteiger partial charge in [-0.1, -0.05) is 42.8 Å². The molecule has 82 valence electrons. The van der Waals surface area contributed by atoms with Gasteiger partial charge in [0.05, 0.1) is 5.69 Å². The van der Waals surface area contributed by atoms with Crippen LogP contribution in [0.3, 0.4) is 0 Å². The molecule has 0 N–H and O–H groups in total. The Kier molecular flexibility index (Phi) is 3.20. The summed E-state index contributed by atoms with van der Waals surface area (Å²) < 4.78 is 0. The van der Waals surface area contributed by atoms with Gasteiger partial charge >= 0.3 is 0 Å². The van der Waals surface area contributed by atoms with Crippen molar-refractivity contribution >= 4 is 11.6 Å². The molecule has 0 amide bonds. The lowest BCUT2D eigenvalue weighted by Gasteiger charge is -2.06. The van der Waals surface area contributed by atoms with Gasteiger partial charge in [0, 0.05) is 11.1 Å². The zero-order valence-electron chi connectivity index (χ0n) is 9.37. The number of nitrogens with zero attached hydrogens (tertiary/aromatic N) is 2. The normalized spacial score (nSPS) is 10.4. The van der Waals surface area contributed by atoms with Gasteiger partial charge in [-0.3, -0.25) is 0 Å². The molecule has 0 atom stereocenters. The van der Waals surface area contributed by atoms with Crippen LogP contribution < -0.4 is 0 Å². The van der Waals surface area contributed by atoms with Gasteiger partial charge in [-0.05, 0) is 18.9 Å². The van der Waals surface area contributed by atoms with Gasteiger partial charge in [-0.15, -0.1) is 0 Å². The number of hydrogen-bond acceptors (Lipinski definition) is 2. The molecule has 3 heteroatoms. The fraction of sp³-hybridized carbons (Fsp3) is 0.231. The lowest BCUT2D eigenvalue weighted by Crippen LogP contribution is -1.92. The van der Waals surface area contributed by atoms with Crippen molar-refractivity contribution in [2.75, 3.05) is 0 Å². The van der Waals surface area contributed by atoms with Crippen LogP contribution in [0.4, 0.5) is 0 Å². The molecule has 0 unspecified atom stereocenters. The molecule has 2 rings (SSSR count). The average molecular weight is 233 g/mol. The second-order valence-electron chi connectivity index (χ2n) is 3.69. The molecule has 0 saturated heterocycles. The van der Waals surface area contributed by atoms with E-state index in [2.05, 4.69) is 41.2 Å². The third kappa shape index (κ3) is 2.07. The van der Waals surface area contributed by atoms with E-state index in [0.29, 0.717) is 5.15 Å². The summed E-state index contributed by atoms with van der Waals surface area (Å²) in [4.78, 5) is 8.22. The summed E-state index contributed by atoms with van der Waals surface area (Å²) in [5.41, 5.74) is 4.23. The van der Waals surface area contributed by atoms with Crippen LogP contribution in [-0.2, 0) is 6.42 Å². The predicted molar refractivity (Wildman–Crippen MR) is 66.6 cm³/mol. The Morgan fingerprint density at radius 3 is 2.44 bits per heavy atom. The van der Waals surface area contributed by atoms with Crippen molar-refractivity contribution in [1.29, 1.82) is 0 Å². The highest BCUT2D eigenvalue weighted by Gasteiger charge is 2.06. The van der Waals surface area contributed by atoms with Crippen molar-refractivity contribution in [3.05, 3.63) is 46.9 Å². The largest absolute Gasteiger partial charge is 0.236 e. The molecular formula is C13H13ClN2. The summed E-state index contributed by atoms with van der Waals surface area (Å²) in [6, 6.07) is 8.38. The summed E-state index contributed by atoms with van der Waals surface area (Å²) in [7, 11) is 0. The average Bonchev–Trinajstić information content (AvgIpc) is 2.33. The second-order valence-corrected chi connectivity index (χ2v) is 4.05. The van der Waals surface area contributed by atoms with E-state index in [1.165, 1.54) is 11.9 Å². The van der Waals surface area contributed by atoms with E-state index in [-0.39, 0.29) is 0 Å². The zero-order valence-corrected chi connectivity index (χ0v) is 10.1. The van der Waals surface area contributed by atoms with Crippen LogP contribution in [0, 0.1) is 6.92 Å². The minimum atomic E-state index is 0.518. The highest BCUT2D eigenvalue weighted by Crippen LogP contribution is 2.24. The smallest absolute Gasteiger partial charge is 0.135 e. The number of halogens is 1. The third-order valence-electron chi connectivity index (χ3n) is 2.66. The van der Waals surface area contributed by atoms with Gasteiger partial charge in [-0.25, -0.2) is 9.97 Å². The topological polar surface area (TPSA) is 25.8 Å². The monoisotopic (exact) mass is 232 g/mol. The van der Waals surface area contributed by atoms with Gasteiger partial charge < -0.3 is 0 Å². The minimum absolute atomic E-state index is 0.518. The maximum Gasteiger partial charge on any atom is 0.135 e. The summed E-state index contributed by atoms with van der Waals surface area (Å²) >= 11 is 5.97. The minimum Gasteiger partial charge on any atom is -0.236 e. The summed E-state index contributed by atoms with van der Waals surface area (Å²) in [6.07, 6.45) is 2.54. The van der Waals surface area contributed by atoms with Crippen LogP contribution in [0.15, 0.2) is 30.6 Å². The van der Waals surface area contributed by atoms with Crippen molar-refractivity contribution in [1.82, 2.24) is 9.97 Å². The van der Waals surface area contributed by atoms with Gasteiger partial charge in [0.2, 0.25) is 0 Å². The van der Waals surface area contributed by atoms with Crippen LogP contribution in [0.5, 0.6) is 0 Å². The quantitative estimate of drug-likeness (QED) is 0.739. The lowest BCUT2D eigenvalue weighted by molar-refractivity contribution is 1.12. The first-order chi connectivity index (χ1) is 7.72. The Bertz CT molecular complexity index is 492. The second kappa shape index (κ2) is 4.62. The van der Waals surface area contributed by atoms with E-state index in [1.807, 2.05) is 6.92 Å². The maximum absolute atomic E-state index is 5.97. The number of hydrogen-bond donors (Lipinski definition) is 0. The molecule has 1 aromatic heterocycles. The molecule has 0 aliphatic rings. The van der Waals surface area contributed by atoms with Gasteiger partial charge in [0.1, 0.15) is 11.5 Å². The molecule has 0 aliphatic heterocycles. The lowest BCUT2D eigenvalue weighted by atomic mass is 10.1. The molecule has 0 spiro atoms. The van der Waals surface area contributed by atoms with Crippen molar-refractivity contribution in [3.8, 4) is 11.3 Å². The van der Waals surface area contributed by atoms with E-state index >= 15 is 0 Å². The van der Waals surface area contributed by atoms with Crippen LogP contribution in [-0.4, -0.2) is 9.97 Å². The first-order valence-electron chi connectivity index (χ1n) is 5.28. The SMILES string of the molecule is CCc1ccc(-c2ncnc(Cl)c2C)cc1. The van der Waals surface area contributed by atoms with E-state index in [4.69, 9.17) is 11.6 Å². The molecule has 16 heavy (non-hydrogen) atoms. The molecule has 0 bridgehead atoms. The van der Waals surface area contributed by atoms with E-state index in [0.717, 1.165) is 23.2 Å². The maximum atomic E-state index is 5.97. The number of rotatable bonds is 2. The van der Waals surface area contributed by atoms with Crippen molar-refractivity contribution in [3.63, 3.8) is 0 Å². The predicted octanol–water partition coefficient (Wildman–Crippen LogP) is 3.67. The Balaban J connectivity index is 2.46. The van der Waals surface area contributed by atoms with Crippen LogP contribution >= 0.6 is 11.6 Å². The standard InChI is InChI=1S/C13H13ClN2/c1-3-10-4-6-11(7-5-10)12-9(2)13(14)16-8-15-12/h4-8H,3H2,1-2H3. The Hall–Kier alpha value is -1.41. The van der Waals surface area contributed by atoms with Gasteiger partial charge in [0.25, 0.3) is 0 Å². The van der Waals surface area contributed by atoms with Gasteiger partial charge in [0.15, 0.2) is 0 Å². The molecule has 2 nitrogen and oxygen atoms in total. The summed E-state index contributed by atoms with van der Waals surface area (Å²) in [6.45, 7) is 4.08. The molecule has 0 aliphatic carbocycles. The first-order valence-corrected chi connectivity index (χ1v) is 5.66. The van der Waals surface area contributed by atoms with E-state index < -0.39 is 0 Å². The highest BCUT2D eigenvalue weighted by molar-refractivity contribution is 6.30. The zero-order chi connectivity index (χ0) is 11.5. The Labute approximate surface area is 100 Å². The van der Waals surface area contributed by atoms with Crippen LogP contribution in [0.2, 0.25) is 5.15 Å². The molecule has 0 fully saturated rings. The summed E-state index contributed by atoms with van der Waals surface area (Å²) in [5, 5.41) is 0.518. The Morgan fingerprint density at radius 2 is 1.81 bits per heavy atom. The fourth-order valence-corrected chi connectivity index (χ4v) is 1.75. The summed E-state index contributed by atoms with van der Waals surface area (Å²) in [5.74, 6) is 0. The molecule has 1 aromatic carbocycles. The van der Waals surface area contributed by atoms with Crippen LogP contribution in [0.1, 0.15) is 18.1 Å². The fourth-order valence-electron chi connectivity index (χ4n) is 1.62. The molecule has 0 radical (unpaired) electrons. The third-order valence-corrected chi connectivity index (χ3v) is 3.04. The van der Waals surface area contributed by atoms with Crippen molar-refractivity contribution in [2.45, 2.75) is 20.3 Å². The Morgan fingerprint density at radius 1 is 1.12 bits per heavy atom. The number of aromatic nitrogens is 2. The van der Waals surface area contributed by atoms with E-state index in [1.54, 1.807) is 0 Å². The van der Waals surface area contributed by atoms with Crippen molar-refractivity contribution in [2.24, 2.45) is 0 Å². The van der Waals surface area contributed by atoms with Gasteiger partial charge in [-0.2, -0.15) is 0 Å². The van der Waals surface area contributed by atoms with E-state index in [9.17, 15) is 0 Å². The number of aryl methyl sites for hydroxylation is 1. The molecule has 0 saturated carbocycles. The molecule has 1 heterocycles. The first kappa shape index (κ1) is 11.1.